The number of non-ortho nitro benzene ring substituents is 1. The molecule has 142 valence electrons. The number of hydrogen-bond acceptors (Lipinski definition) is 7. The van der Waals surface area contributed by atoms with Crippen LogP contribution in [-0.4, -0.2) is 33.3 Å². The first-order valence-corrected chi connectivity index (χ1v) is 9.76. The van der Waals surface area contributed by atoms with Crippen molar-refractivity contribution in [2.45, 2.75) is 37.3 Å². The number of nitrogens with zero attached hydrogens (tertiary/aromatic N) is 3. The predicted molar refractivity (Wildman–Crippen MR) is 101 cm³/mol. The van der Waals surface area contributed by atoms with E-state index in [1.165, 1.54) is 30.5 Å². The molecule has 8 nitrogen and oxygen atoms in total. The van der Waals surface area contributed by atoms with Gasteiger partial charge in [0.25, 0.3) is 10.9 Å². The van der Waals surface area contributed by atoms with Crippen molar-refractivity contribution in [2.75, 3.05) is 12.3 Å². The van der Waals surface area contributed by atoms with Gasteiger partial charge in [0.1, 0.15) is 0 Å². The molecular weight excluding hydrogens is 368 g/mol. The van der Waals surface area contributed by atoms with Gasteiger partial charge < -0.3 is 9.73 Å². The van der Waals surface area contributed by atoms with Crippen molar-refractivity contribution in [3.63, 3.8) is 0 Å². The molecule has 0 aliphatic heterocycles. The number of amides is 1. The molecule has 1 aliphatic rings. The Morgan fingerprint density at radius 1 is 1.33 bits per heavy atom. The lowest BCUT2D eigenvalue weighted by Gasteiger charge is -2.12. The fourth-order valence-electron chi connectivity index (χ4n) is 2.81. The van der Waals surface area contributed by atoms with Crippen molar-refractivity contribution in [1.29, 1.82) is 0 Å². The molecule has 0 bridgehead atoms. The van der Waals surface area contributed by atoms with Crippen LogP contribution in [0.5, 0.6) is 0 Å². The average molecular weight is 388 g/mol. The molecule has 0 spiro atoms. The number of carbonyl (C=O) groups is 1. The molecule has 9 heteroatoms. The minimum Gasteiger partial charge on any atom is -0.411 e. The fourth-order valence-corrected chi connectivity index (χ4v) is 3.40. The molecule has 0 radical (unpaired) electrons. The van der Waals surface area contributed by atoms with Gasteiger partial charge in [0, 0.05) is 24.2 Å². The molecule has 0 unspecified atom stereocenters. The Hall–Kier alpha value is -2.68. The molecule has 1 amide bonds. The van der Waals surface area contributed by atoms with Crippen LogP contribution in [0.2, 0.25) is 0 Å². The zero-order valence-corrected chi connectivity index (χ0v) is 15.5. The van der Waals surface area contributed by atoms with E-state index in [4.69, 9.17) is 4.42 Å². The van der Waals surface area contributed by atoms with Crippen molar-refractivity contribution >= 4 is 23.4 Å². The normalized spacial score (nSPS) is 13.9. The molecule has 0 saturated heterocycles. The highest BCUT2D eigenvalue weighted by Crippen LogP contribution is 2.25. The van der Waals surface area contributed by atoms with Gasteiger partial charge in [0.05, 0.1) is 10.7 Å². The van der Waals surface area contributed by atoms with E-state index in [0.29, 0.717) is 12.1 Å². The van der Waals surface area contributed by atoms with Crippen LogP contribution < -0.4 is 5.32 Å². The third-order valence-corrected chi connectivity index (χ3v) is 5.01. The number of aromatic nitrogens is 2. The lowest BCUT2D eigenvalue weighted by atomic mass is 9.97. The monoisotopic (exact) mass is 388 g/mol. The highest BCUT2D eigenvalue weighted by atomic mass is 32.2. The maximum absolute atomic E-state index is 11.9. The summed E-state index contributed by atoms with van der Waals surface area (Å²) in [5.74, 6) is 0.271. The lowest BCUT2D eigenvalue weighted by molar-refractivity contribution is -0.384. The molecule has 1 N–H and O–H groups in total. The number of nitrogens with one attached hydrogen (secondary N) is 1. The van der Waals surface area contributed by atoms with E-state index in [1.54, 1.807) is 12.1 Å². The van der Waals surface area contributed by atoms with Gasteiger partial charge in [0.15, 0.2) is 0 Å². The number of benzene rings is 1. The van der Waals surface area contributed by atoms with Crippen molar-refractivity contribution in [2.24, 2.45) is 0 Å². The van der Waals surface area contributed by atoms with Crippen molar-refractivity contribution in [3.8, 4) is 11.5 Å². The van der Waals surface area contributed by atoms with E-state index in [-0.39, 0.29) is 28.5 Å². The first kappa shape index (κ1) is 19.1. The highest BCUT2D eigenvalue weighted by Gasteiger charge is 2.14. The summed E-state index contributed by atoms with van der Waals surface area (Å²) in [6.07, 6.45) is 7.94. The second-order valence-electron chi connectivity index (χ2n) is 6.18. The molecule has 2 aromatic rings. The molecule has 3 rings (SSSR count). The second-order valence-corrected chi connectivity index (χ2v) is 7.10. The Kier molecular flexibility index (Phi) is 6.59. The van der Waals surface area contributed by atoms with E-state index in [9.17, 15) is 14.9 Å². The third-order valence-electron chi connectivity index (χ3n) is 4.19. The standard InChI is InChI=1S/C18H20N4O4S/c23-16(19-10-9-13-5-2-1-3-6-13)12-27-18-21-20-17(26-18)14-7-4-8-15(11-14)22(24)25/h4-5,7-8,11H,1-3,6,9-10,12H2,(H,19,23). The Morgan fingerprint density at radius 3 is 3.00 bits per heavy atom. The molecule has 0 atom stereocenters. The quantitative estimate of drug-likeness (QED) is 0.317. The van der Waals surface area contributed by atoms with Crippen LogP contribution in [0.1, 0.15) is 32.1 Å². The van der Waals surface area contributed by atoms with E-state index in [2.05, 4.69) is 21.6 Å². The van der Waals surface area contributed by atoms with Gasteiger partial charge in [-0.3, -0.25) is 14.9 Å². The van der Waals surface area contributed by atoms with Crippen LogP contribution in [0, 0.1) is 10.1 Å². The van der Waals surface area contributed by atoms with Crippen LogP contribution in [0.25, 0.3) is 11.5 Å². The Labute approximate surface area is 160 Å². The number of allylic oxidation sites excluding steroid dienone is 1. The molecular formula is C18H20N4O4S. The number of rotatable bonds is 8. The Morgan fingerprint density at radius 2 is 2.22 bits per heavy atom. The first-order valence-electron chi connectivity index (χ1n) is 8.77. The Bertz CT molecular complexity index is 849. The highest BCUT2D eigenvalue weighted by molar-refractivity contribution is 7.99. The summed E-state index contributed by atoms with van der Waals surface area (Å²) in [4.78, 5) is 22.3. The summed E-state index contributed by atoms with van der Waals surface area (Å²) in [7, 11) is 0. The summed E-state index contributed by atoms with van der Waals surface area (Å²) in [5.41, 5.74) is 1.84. The van der Waals surface area contributed by atoms with Crippen LogP contribution >= 0.6 is 11.8 Å². The smallest absolute Gasteiger partial charge is 0.277 e. The average Bonchev–Trinajstić information content (AvgIpc) is 3.16. The van der Waals surface area contributed by atoms with Gasteiger partial charge in [-0.05, 0) is 38.2 Å². The fraction of sp³-hybridized carbons (Fsp3) is 0.389. The molecule has 0 saturated carbocycles. The van der Waals surface area contributed by atoms with E-state index in [1.807, 2.05) is 0 Å². The molecule has 1 aromatic heterocycles. The second kappa shape index (κ2) is 9.31. The largest absolute Gasteiger partial charge is 0.411 e. The maximum Gasteiger partial charge on any atom is 0.277 e. The Balaban J connectivity index is 1.46. The number of carbonyl (C=O) groups excluding carboxylic acids is 1. The number of thioether (sulfide) groups is 1. The van der Waals surface area contributed by atoms with Crippen molar-refractivity contribution in [3.05, 3.63) is 46.0 Å². The summed E-state index contributed by atoms with van der Waals surface area (Å²) in [5, 5.41) is 21.8. The van der Waals surface area contributed by atoms with E-state index < -0.39 is 4.92 Å². The van der Waals surface area contributed by atoms with Crippen LogP contribution in [0.4, 0.5) is 5.69 Å². The maximum atomic E-state index is 11.9. The molecule has 1 heterocycles. The van der Waals surface area contributed by atoms with Crippen LogP contribution in [-0.2, 0) is 4.79 Å². The number of hydrogen-bond donors (Lipinski definition) is 1. The summed E-state index contributed by atoms with van der Waals surface area (Å²) in [6.45, 7) is 0.633. The van der Waals surface area contributed by atoms with Gasteiger partial charge >= 0.3 is 0 Å². The van der Waals surface area contributed by atoms with Gasteiger partial charge in [-0.25, -0.2) is 0 Å². The molecule has 0 fully saturated rings. The van der Waals surface area contributed by atoms with Crippen LogP contribution in [0.3, 0.4) is 0 Å². The van der Waals surface area contributed by atoms with E-state index in [0.717, 1.165) is 31.0 Å². The topological polar surface area (TPSA) is 111 Å². The predicted octanol–water partition coefficient (Wildman–Crippen LogP) is 3.74. The zero-order valence-electron chi connectivity index (χ0n) is 14.7. The summed E-state index contributed by atoms with van der Waals surface area (Å²) >= 11 is 1.14. The lowest BCUT2D eigenvalue weighted by Crippen LogP contribution is -2.26. The molecule has 27 heavy (non-hydrogen) atoms. The molecule has 1 aliphatic carbocycles. The first-order chi connectivity index (χ1) is 13.1. The van der Waals surface area contributed by atoms with Gasteiger partial charge in [-0.1, -0.05) is 29.5 Å². The summed E-state index contributed by atoms with van der Waals surface area (Å²) < 4.78 is 5.48. The van der Waals surface area contributed by atoms with Gasteiger partial charge in [0.2, 0.25) is 11.8 Å². The van der Waals surface area contributed by atoms with Crippen LogP contribution in [0.15, 0.2) is 45.6 Å². The van der Waals surface area contributed by atoms with Crippen molar-refractivity contribution in [1.82, 2.24) is 15.5 Å². The number of nitro benzene ring substituents is 1. The minimum atomic E-state index is -0.483. The SMILES string of the molecule is O=C(CSc1nnc(-c2cccc([N+](=O)[O-])c2)o1)NCCC1=CCCCC1. The van der Waals surface area contributed by atoms with Crippen molar-refractivity contribution < 1.29 is 14.1 Å². The number of nitro groups is 1. The summed E-state index contributed by atoms with van der Waals surface area (Å²) in [6, 6.07) is 5.97. The minimum absolute atomic E-state index is 0.0487. The van der Waals surface area contributed by atoms with Gasteiger partial charge in [-0.2, -0.15) is 0 Å². The van der Waals surface area contributed by atoms with E-state index >= 15 is 0 Å². The molecule has 1 aromatic carbocycles. The zero-order chi connectivity index (χ0) is 19.1. The third kappa shape index (κ3) is 5.65. The van der Waals surface area contributed by atoms with Gasteiger partial charge in [-0.15, -0.1) is 10.2 Å².